The van der Waals surface area contributed by atoms with E-state index in [9.17, 15) is 5.11 Å². The standard InChI is InChI=1S/C17H21N7O2/c1-22-14(4-5-18-22)16(25)13-8-12-9-23(6-7-24(12)20-13)10-15-19-17(26-21-15)11-2-3-11/h4-5,8,11,16,25H,2-3,6-7,9-10H2,1H3/t16-/m1/s1. The molecule has 9 heteroatoms. The van der Waals surface area contributed by atoms with Crippen LogP contribution in [0.3, 0.4) is 0 Å². The molecule has 0 saturated heterocycles. The zero-order chi connectivity index (χ0) is 17.7. The van der Waals surface area contributed by atoms with Crippen molar-refractivity contribution < 1.29 is 9.63 Å². The quantitative estimate of drug-likeness (QED) is 0.728. The van der Waals surface area contributed by atoms with Crippen molar-refractivity contribution >= 4 is 0 Å². The van der Waals surface area contributed by atoms with Crippen molar-refractivity contribution in [1.82, 2.24) is 34.6 Å². The van der Waals surface area contributed by atoms with Gasteiger partial charge in [0.2, 0.25) is 5.89 Å². The molecule has 3 aromatic rings. The highest BCUT2D eigenvalue weighted by atomic mass is 16.5. The second kappa shape index (κ2) is 6.03. The Morgan fingerprint density at radius 2 is 2.23 bits per heavy atom. The number of rotatable bonds is 5. The molecular weight excluding hydrogens is 334 g/mol. The Morgan fingerprint density at radius 3 is 3.00 bits per heavy atom. The number of aliphatic hydroxyl groups is 1. The van der Waals surface area contributed by atoms with E-state index >= 15 is 0 Å². The molecule has 1 aliphatic carbocycles. The minimum Gasteiger partial charge on any atom is -0.380 e. The second-order valence-corrected chi connectivity index (χ2v) is 7.10. The number of aliphatic hydroxyl groups excluding tert-OH is 1. The predicted molar refractivity (Wildman–Crippen MR) is 89.9 cm³/mol. The summed E-state index contributed by atoms with van der Waals surface area (Å²) in [5, 5.41) is 23.4. The number of fused-ring (bicyclic) bond motifs is 1. The van der Waals surface area contributed by atoms with Crippen LogP contribution in [-0.2, 0) is 26.7 Å². The van der Waals surface area contributed by atoms with Gasteiger partial charge in [0.05, 0.1) is 30.2 Å². The van der Waals surface area contributed by atoms with E-state index in [4.69, 9.17) is 4.52 Å². The van der Waals surface area contributed by atoms with Gasteiger partial charge in [0.25, 0.3) is 0 Å². The van der Waals surface area contributed by atoms with Gasteiger partial charge in [-0.25, -0.2) is 0 Å². The van der Waals surface area contributed by atoms with Crippen molar-refractivity contribution in [1.29, 1.82) is 0 Å². The topological polar surface area (TPSA) is 98.0 Å². The molecule has 1 aliphatic heterocycles. The fourth-order valence-electron chi connectivity index (χ4n) is 3.44. The normalized spacial score (nSPS) is 18.8. The van der Waals surface area contributed by atoms with Gasteiger partial charge in [0.15, 0.2) is 5.82 Å². The summed E-state index contributed by atoms with van der Waals surface area (Å²) in [5.41, 5.74) is 2.47. The maximum absolute atomic E-state index is 10.6. The van der Waals surface area contributed by atoms with Crippen LogP contribution in [0.25, 0.3) is 0 Å². The molecule has 3 aromatic heterocycles. The molecule has 0 radical (unpaired) electrons. The molecule has 9 nitrogen and oxygen atoms in total. The summed E-state index contributed by atoms with van der Waals surface area (Å²) in [6.07, 6.45) is 3.22. The van der Waals surface area contributed by atoms with E-state index in [-0.39, 0.29) is 0 Å². The molecule has 5 rings (SSSR count). The fourth-order valence-corrected chi connectivity index (χ4v) is 3.44. The Hall–Kier alpha value is -2.52. The maximum Gasteiger partial charge on any atom is 0.229 e. The van der Waals surface area contributed by atoms with Gasteiger partial charge in [-0.15, -0.1) is 0 Å². The van der Waals surface area contributed by atoms with E-state index in [0.717, 1.165) is 55.6 Å². The van der Waals surface area contributed by atoms with Gasteiger partial charge < -0.3 is 9.63 Å². The third-order valence-corrected chi connectivity index (χ3v) is 5.09. The van der Waals surface area contributed by atoms with Crippen molar-refractivity contribution in [2.75, 3.05) is 6.54 Å². The van der Waals surface area contributed by atoms with Crippen LogP contribution in [0.4, 0.5) is 0 Å². The summed E-state index contributed by atoms with van der Waals surface area (Å²) < 4.78 is 8.98. The Balaban J connectivity index is 1.29. The lowest BCUT2D eigenvalue weighted by Crippen LogP contribution is -2.33. The second-order valence-electron chi connectivity index (χ2n) is 7.10. The van der Waals surface area contributed by atoms with Crippen molar-refractivity contribution in [2.45, 2.75) is 44.5 Å². The number of hydrogen-bond donors (Lipinski definition) is 1. The fraction of sp³-hybridized carbons (Fsp3) is 0.529. The molecule has 0 unspecified atom stereocenters. The highest BCUT2D eigenvalue weighted by molar-refractivity contribution is 5.22. The molecule has 1 atom stereocenters. The van der Waals surface area contributed by atoms with Crippen molar-refractivity contribution in [3.05, 3.63) is 47.1 Å². The van der Waals surface area contributed by atoms with Crippen LogP contribution in [0.1, 0.15) is 53.7 Å². The lowest BCUT2D eigenvalue weighted by molar-refractivity contribution is 0.192. The molecule has 26 heavy (non-hydrogen) atoms. The van der Waals surface area contributed by atoms with Crippen molar-refractivity contribution in [3.8, 4) is 0 Å². The summed E-state index contributed by atoms with van der Waals surface area (Å²) >= 11 is 0. The molecule has 0 bridgehead atoms. The largest absolute Gasteiger partial charge is 0.380 e. The lowest BCUT2D eigenvalue weighted by atomic mass is 10.1. The Labute approximate surface area is 150 Å². The van der Waals surface area contributed by atoms with Gasteiger partial charge in [0, 0.05) is 32.3 Å². The average Bonchev–Trinajstić information content (AvgIpc) is 3.04. The van der Waals surface area contributed by atoms with E-state index in [1.807, 2.05) is 23.9 Å². The van der Waals surface area contributed by atoms with Crippen LogP contribution in [0.5, 0.6) is 0 Å². The van der Waals surface area contributed by atoms with Crippen molar-refractivity contribution in [2.24, 2.45) is 7.05 Å². The van der Waals surface area contributed by atoms with Gasteiger partial charge >= 0.3 is 0 Å². The molecule has 136 valence electrons. The van der Waals surface area contributed by atoms with Crippen LogP contribution in [0, 0.1) is 0 Å². The molecule has 0 spiro atoms. The molecule has 2 aliphatic rings. The summed E-state index contributed by atoms with van der Waals surface area (Å²) in [6, 6.07) is 3.78. The van der Waals surface area contributed by atoms with Gasteiger partial charge in [-0.1, -0.05) is 5.16 Å². The molecule has 0 aromatic carbocycles. The number of nitrogens with zero attached hydrogens (tertiary/aromatic N) is 7. The van der Waals surface area contributed by atoms with E-state index in [0.29, 0.717) is 18.2 Å². The van der Waals surface area contributed by atoms with Crippen LogP contribution in [0.2, 0.25) is 0 Å². The lowest BCUT2D eigenvalue weighted by Gasteiger charge is -2.26. The van der Waals surface area contributed by atoms with Crippen LogP contribution >= 0.6 is 0 Å². The first-order chi connectivity index (χ1) is 12.7. The molecular formula is C17H21N7O2. The summed E-state index contributed by atoms with van der Waals surface area (Å²) in [4.78, 5) is 6.78. The zero-order valence-electron chi connectivity index (χ0n) is 14.6. The average molecular weight is 355 g/mol. The van der Waals surface area contributed by atoms with Crippen LogP contribution < -0.4 is 0 Å². The third-order valence-electron chi connectivity index (χ3n) is 5.09. The molecule has 1 N–H and O–H groups in total. The summed E-state index contributed by atoms with van der Waals surface area (Å²) in [6.45, 7) is 3.06. The number of aryl methyl sites for hydroxylation is 1. The Kier molecular flexibility index (Phi) is 3.64. The minimum absolute atomic E-state index is 0.482. The predicted octanol–water partition coefficient (Wildman–Crippen LogP) is 0.974. The van der Waals surface area contributed by atoms with Crippen molar-refractivity contribution in [3.63, 3.8) is 0 Å². The third kappa shape index (κ3) is 2.82. The Morgan fingerprint density at radius 1 is 1.35 bits per heavy atom. The molecule has 4 heterocycles. The number of hydrogen-bond acceptors (Lipinski definition) is 7. The summed E-state index contributed by atoms with van der Waals surface area (Å²) in [5.74, 6) is 2.01. The molecule has 1 saturated carbocycles. The Bertz CT molecular complexity index is 923. The zero-order valence-corrected chi connectivity index (χ0v) is 14.6. The smallest absolute Gasteiger partial charge is 0.229 e. The molecule has 0 amide bonds. The van der Waals surface area contributed by atoms with Gasteiger partial charge in [0.1, 0.15) is 6.10 Å². The highest BCUT2D eigenvalue weighted by Crippen LogP contribution is 2.38. The SMILES string of the molecule is Cn1nccc1[C@H](O)c1cc2n(n1)CCN(Cc1noc(C3CC3)n1)C2. The van der Waals surface area contributed by atoms with E-state index in [1.54, 1.807) is 10.9 Å². The van der Waals surface area contributed by atoms with E-state index in [2.05, 4.69) is 25.2 Å². The first-order valence-corrected chi connectivity index (χ1v) is 8.95. The highest BCUT2D eigenvalue weighted by Gasteiger charge is 2.30. The molecule has 1 fully saturated rings. The van der Waals surface area contributed by atoms with Crippen LogP contribution in [0.15, 0.2) is 22.9 Å². The van der Waals surface area contributed by atoms with Gasteiger partial charge in [-0.3, -0.25) is 14.3 Å². The first kappa shape index (κ1) is 15.7. The van der Waals surface area contributed by atoms with E-state index < -0.39 is 6.10 Å². The monoisotopic (exact) mass is 355 g/mol. The minimum atomic E-state index is -0.771. The van der Waals surface area contributed by atoms with Gasteiger partial charge in [-0.05, 0) is 25.0 Å². The summed E-state index contributed by atoms with van der Waals surface area (Å²) in [7, 11) is 1.82. The van der Waals surface area contributed by atoms with E-state index in [1.165, 1.54) is 0 Å². The van der Waals surface area contributed by atoms with Gasteiger partial charge in [-0.2, -0.15) is 15.2 Å². The first-order valence-electron chi connectivity index (χ1n) is 8.95. The van der Waals surface area contributed by atoms with Crippen LogP contribution in [-0.4, -0.2) is 46.3 Å². The number of aromatic nitrogens is 6. The maximum atomic E-state index is 10.6.